The molecule has 2 aromatic rings. The molecule has 0 saturated carbocycles. The van der Waals surface area contributed by atoms with E-state index in [1.807, 2.05) is 6.92 Å². The zero-order chi connectivity index (χ0) is 12.4. The molecule has 0 bridgehead atoms. The topological polar surface area (TPSA) is 38.9 Å². The van der Waals surface area contributed by atoms with E-state index >= 15 is 0 Å². The van der Waals surface area contributed by atoms with Crippen molar-refractivity contribution in [3.63, 3.8) is 0 Å². The van der Waals surface area contributed by atoms with Crippen LogP contribution in [0.25, 0.3) is 11.3 Å². The van der Waals surface area contributed by atoms with Gasteiger partial charge in [-0.1, -0.05) is 6.07 Å². The Bertz CT molecular complexity index is 523. The fourth-order valence-corrected chi connectivity index (χ4v) is 2.44. The van der Waals surface area contributed by atoms with Crippen molar-refractivity contribution in [2.24, 2.45) is 5.73 Å². The highest BCUT2D eigenvalue weighted by Gasteiger charge is 2.13. The average molecular weight is 254 g/mol. The minimum atomic E-state index is -0.857. The third-order valence-electron chi connectivity index (χ3n) is 2.28. The molecular weight excluding hydrogens is 242 g/mol. The predicted octanol–water partition coefficient (Wildman–Crippen LogP) is 2.98. The van der Waals surface area contributed by atoms with Crippen molar-refractivity contribution < 1.29 is 8.78 Å². The van der Waals surface area contributed by atoms with Crippen LogP contribution in [0.3, 0.4) is 0 Å². The van der Waals surface area contributed by atoms with Gasteiger partial charge in [0.25, 0.3) is 0 Å². The SMILES string of the molecule is CC(N)Cc1nc(-c2cccc(F)c2F)cs1. The Kier molecular flexibility index (Phi) is 3.49. The maximum atomic E-state index is 13.5. The van der Waals surface area contributed by atoms with Crippen LogP contribution in [0.15, 0.2) is 23.6 Å². The molecule has 0 radical (unpaired) electrons. The fraction of sp³-hybridized carbons (Fsp3) is 0.250. The van der Waals surface area contributed by atoms with E-state index in [1.165, 1.54) is 23.5 Å². The molecule has 2 N–H and O–H groups in total. The maximum Gasteiger partial charge on any atom is 0.168 e. The van der Waals surface area contributed by atoms with Crippen LogP contribution in [0.5, 0.6) is 0 Å². The number of aromatic nitrogens is 1. The zero-order valence-electron chi connectivity index (χ0n) is 9.28. The molecule has 0 aliphatic heterocycles. The summed E-state index contributed by atoms with van der Waals surface area (Å²) in [6.07, 6.45) is 0.640. The standard InChI is InChI=1S/C12H12F2N2S/c1-7(15)5-11-16-10(6-17-11)8-3-2-4-9(13)12(8)14/h2-4,6-7H,5,15H2,1H3. The quantitative estimate of drug-likeness (QED) is 0.914. The molecule has 1 atom stereocenters. The van der Waals surface area contributed by atoms with Crippen LogP contribution in [-0.4, -0.2) is 11.0 Å². The second-order valence-corrected chi connectivity index (χ2v) is 4.85. The second kappa shape index (κ2) is 4.89. The summed E-state index contributed by atoms with van der Waals surface area (Å²) in [5.74, 6) is -1.71. The van der Waals surface area contributed by atoms with Gasteiger partial charge in [0, 0.05) is 23.4 Å². The van der Waals surface area contributed by atoms with Crippen molar-refractivity contribution in [3.8, 4) is 11.3 Å². The lowest BCUT2D eigenvalue weighted by Crippen LogP contribution is -2.17. The number of rotatable bonds is 3. The monoisotopic (exact) mass is 254 g/mol. The Labute approximate surface area is 102 Å². The van der Waals surface area contributed by atoms with E-state index in [1.54, 1.807) is 5.38 Å². The Morgan fingerprint density at radius 2 is 2.18 bits per heavy atom. The Hall–Kier alpha value is -1.33. The molecule has 2 nitrogen and oxygen atoms in total. The van der Waals surface area contributed by atoms with Crippen LogP contribution in [-0.2, 0) is 6.42 Å². The fourth-order valence-electron chi connectivity index (χ4n) is 1.51. The van der Waals surface area contributed by atoms with Crippen LogP contribution in [0.4, 0.5) is 8.78 Å². The molecule has 1 aromatic heterocycles. The van der Waals surface area contributed by atoms with Crippen LogP contribution >= 0.6 is 11.3 Å². The average Bonchev–Trinajstić information content (AvgIpc) is 2.69. The molecule has 2 rings (SSSR count). The molecule has 5 heteroatoms. The van der Waals surface area contributed by atoms with Gasteiger partial charge < -0.3 is 5.73 Å². The third-order valence-corrected chi connectivity index (χ3v) is 3.15. The number of thiazole rings is 1. The highest BCUT2D eigenvalue weighted by atomic mass is 32.1. The van der Waals surface area contributed by atoms with E-state index in [-0.39, 0.29) is 11.6 Å². The summed E-state index contributed by atoms with van der Waals surface area (Å²) in [5, 5.41) is 2.55. The first-order chi connectivity index (χ1) is 8.08. The van der Waals surface area contributed by atoms with E-state index < -0.39 is 11.6 Å². The van der Waals surface area contributed by atoms with Gasteiger partial charge in [-0.15, -0.1) is 11.3 Å². The van der Waals surface area contributed by atoms with E-state index in [4.69, 9.17) is 5.73 Å². The Balaban J connectivity index is 2.34. The maximum absolute atomic E-state index is 13.5. The molecular formula is C12H12F2N2S. The number of hydrogen-bond donors (Lipinski definition) is 1. The summed E-state index contributed by atoms with van der Waals surface area (Å²) in [7, 11) is 0. The van der Waals surface area contributed by atoms with E-state index in [0.717, 1.165) is 11.1 Å². The molecule has 0 amide bonds. The molecule has 90 valence electrons. The number of benzene rings is 1. The Morgan fingerprint density at radius 3 is 2.88 bits per heavy atom. The first-order valence-electron chi connectivity index (χ1n) is 5.22. The van der Waals surface area contributed by atoms with Crippen molar-refractivity contribution in [2.75, 3.05) is 0 Å². The largest absolute Gasteiger partial charge is 0.328 e. The van der Waals surface area contributed by atoms with Crippen LogP contribution < -0.4 is 5.73 Å². The number of hydrogen-bond acceptors (Lipinski definition) is 3. The highest BCUT2D eigenvalue weighted by Crippen LogP contribution is 2.26. The minimum absolute atomic E-state index is 0.00589. The lowest BCUT2D eigenvalue weighted by atomic mass is 10.1. The molecule has 1 heterocycles. The van der Waals surface area contributed by atoms with Crippen LogP contribution in [0, 0.1) is 11.6 Å². The zero-order valence-corrected chi connectivity index (χ0v) is 10.1. The smallest absolute Gasteiger partial charge is 0.168 e. The molecule has 0 aliphatic rings. The van der Waals surface area contributed by atoms with Crippen LogP contribution in [0.1, 0.15) is 11.9 Å². The highest BCUT2D eigenvalue weighted by molar-refractivity contribution is 7.09. The van der Waals surface area contributed by atoms with E-state index in [0.29, 0.717) is 12.1 Å². The van der Waals surface area contributed by atoms with Crippen molar-refractivity contribution in [3.05, 3.63) is 40.2 Å². The van der Waals surface area contributed by atoms with Gasteiger partial charge >= 0.3 is 0 Å². The first kappa shape index (κ1) is 12.1. The normalized spacial score (nSPS) is 12.7. The minimum Gasteiger partial charge on any atom is -0.328 e. The summed E-state index contributed by atoms with van der Waals surface area (Å²) < 4.78 is 26.6. The van der Waals surface area contributed by atoms with Crippen molar-refractivity contribution in [1.29, 1.82) is 0 Å². The van der Waals surface area contributed by atoms with Gasteiger partial charge in [0.15, 0.2) is 11.6 Å². The van der Waals surface area contributed by atoms with Gasteiger partial charge in [0.1, 0.15) is 0 Å². The first-order valence-corrected chi connectivity index (χ1v) is 6.10. The van der Waals surface area contributed by atoms with E-state index in [2.05, 4.69) is 4.98 Å². The summed E-state index contributed by atoms with van der Waals surface area (Å²) >= 11 is 1.41. The lowest BCUT2D eigenvalue weighted by Gasteiger charge is -2.01. The molecule has 0 aliphatic carbocycles. The third kappa shape index (κ3) is 2.68. The number of nitrogens with two attached hydrogens (primary N) is 1. The van der Waals surface area contributed by atoms with Crippen molar-refractivity contribution >= 4 is 11.3 Å². The summed E-state index contributed by atoms with van der Waals surface area (Å²) in [4.78, 5) is 4.25. The van der Waals surface area contributed by atoms with Crippen molar-refractivity contribution in [1.82, 2.24) is 4.98 Å². The molecule has 0 spiro atoms. The molecule has 1 unspecified atom stereocenters. The predicted molar refractivity (Wildman–Crippen MR) is 64.8 cm³/mol. The summed E-state index contributed by atoms with van der Waals surface area (Å²) in [6.45, 7) is 1.88. The van der Waals surface area contributed by atoms with Gasteiger partial charge in [-0.05, 0) is 19.1 Å². The van der Waals surface area contributed by atoms with Gasteiger partial charge in [-0.3, -0.25) is 0 Å². The molecule has 0 saturated heterocycles. The number of halogens is 2. The van der Waals surface area contributed by atoms with E-state index in [9.17, 15) is 8.78 Å². The summed E-state index contributed by atoms with van der Waals surface area (Å²) in [6, 6.07) is 4.08. The number of nitrogens with zero attached hydrogens (tertiary/aromatic N) is 1. The van der Waals surface area contributed by atoms with Crippen LogP contribution in [0.2, 0.25) is 0 Å². The lowest BCUT2D eigenvalue weighted by molar-refractivity contribution is 0.511. The molecule has 1 aromatic carbocycles. The van der Waals surface area contributed by atoms with Crippen molar-refractivity contribution in [2.45, 2.75) is 19.4 Å². The molecule has 0 fully saturated rings. The van der Waals surface area contributed by atoms with Gasteiger partial charge in [0.2, 0.25) is 0 Å². The molecule has 17 heavy (non-hydrogen) atoms. The van der Waals surface area contributed by atoms with Gasteiger partial charge in [-0.2, -0.15) is 0 Å². The summed E-state index contributed by atoms with van der Waals surface area (Å²) in [5.41, 5.74) is 6.31. The second-order valence-electron chi connectivity index (χ2n) is 3.91. The van der Waals surface area contributed by atoms with Gasteiger partial charge in [-0.25, -0.2) is 13.8 Å². The van der Waals surface area contributed by atoms with Gasteiger partial charge in [0.05, 0.1) is 10.7 Å². The Morgan fingerprint density at radius 1 is 1.41 bits per heavy atom.